The number of rotatable bonds is 6. The van der Waals surface area contributed by atoms with Crippen molar-refractivity contribution in [3.05, 3.63) is 57.6 Å². The van der Waals surface area contributed by atoms with Crippen LogP contribution in [0.4, 0.5) is 0 Å². The van der Waals surface area contributed by atoms with Gasteiger partial charge in [-0.1, -0.05) is 11.6 Å². The molecule has 0 saturated carbocycles. The van der Waals surface area contributed by atoms with E-state index in [1.807, 2.05) is 52.0 Å². The van der Waals surface area contributed by atoms with Crippen LogP contribution in [0, 0.1) is 27.7 Å². The predicted molar refractivity (Wildman–Crippen MR) is 136 cm³/mol. The molecule has 3 aromatic rings. The van der Waals surface area contributed by atoms with E-state index in [9.17, 15) is 0 Å². The average molecular weight is 503 g/mol. The summed E-state index contributed by atoms with van der Waals surface area (Å²) in [4.78, 5) is 0. The minimum atomic E-state index is -3.51. The smallest absolute Gasteiger partial charge is 0.231 e. The first-order chi connectivity index (χ1) is 16.2. The minimum absolute atomic E-state index is 0.0146. The third kappa shape index (κ3) is 3.70. The van der Waals surface area contributed by atoms with E-state index < -0.39 is 7.14 Å². The number of halogens is 1. The van der Waals surface area contributed by atoms with Gasteiger partial charge in [0.1, 0.15) is 11.5 Å². The molecule has 0 unspecified atom stereocenters. The van der Waals surface area contributed by atoms with E-state index in [-0.39, 0.29) is 11.8 Å². The zero-order valence-electron chi connectivity index (χ0n) is 20.4. The maximum absolute atomic E-state index is 15.4. The van der Waals surface area contributed by atoms with E-state index in [1.54, 1.807) is 20.3 Å². The third-order valence-corrected chi connectivity index (χ3v) is 9.62. The SMILES string of the molecule is COc1cc(P(=O)(c2cc(C)c(OC)c(C)c2)c2cc(C)c(OC)c(C)c2)c(Cl)c2c1OCO2. The van der Waals surface area contributed by atoms with Crippen LogP contribution in [-0.2, 0) is 4.57 Å². The van der Waals surface area contributed by atoms with Crippen LogP contribution in [0.5, 0.6) is 28.7 Å². The van der Waals surface area contributed by atoms with Crippen molar-refractivity contribution in [1.82, 2.24) is 0 Å². The molecule has 1 heterocycles. The first-order valence-electron chi connectivity index (χ1n) is 10.8. The van der Waals surface area contributed by atoms with E-state index in [0.717, 1.165) is 33.8 Å². The highest BCUT2D eigenvalue weighted by Gasteiger charge is 2.38. The molecule has 0 aliphatic carbocycles. The third-order valence-electron chi connectivity index (χ3n) is 6.11. The van der Waals surface area contributed by atoms with Crippen LogP contribution in [-0.4, -0.2) is 28.1 Å². The second kappa shape index (κ2) is 9.09. The fraction of sp³-hybridized carbons (Fsp3) is 0.308. The monoisotopic (exact) mass is 502 g/mol. The molecule has 0 fully saturated rings. The Kier molecular flexibility index (Phi) is 6.50. The molecule has 180 valence electrons. The molecule has 0 spiro atoms. The van der Waals surface area contributed by atoms with Crippen molar-refractivity contribution in [2.75, 3.05) is 28.1 Å². The first kappa shape index (κ1) is 24.3. The molecule has 0 atom stereocenters. The van der Waals surface area contributed by atoms with Crippen molar-refractivity contribution in [3.8, 4) is 28.7 Å². The van der Waals surface area contributed by atoms with Gasteiger partial charge in [-0.25, -0.2) is 0 Å². The summed E-state index contributed by atoms with van der Waals surface area (Å²) >= 11 is 6.86. The highest BCUT2D eigenvalue weighted by atomic mass is 35.5. The molecule has 6 nitrogen and oxygen atoms in total. The number of hydrogen-bond acceptors (Lipinski definition) is 6. The summed E-state index contributed by atoms with van der Waals surface area (Å²) in [7, 11) is 1.28. The Morgan fingerprint density at radius 3 is 1.59 bits per heavy atom. The zero-order valence-corrected chi connectivity index (χ0v) is 22.0. The van der Waals surface area contributed by atoms with Gasteiger partial charge in [0, 0.05) is 15.9 Å². The number of aryl methyl sites for hydroxylation is 4. The van der Waals surface area contributed by atoms with Crippen molar-refractivity contribution in [3.63, 3.8) is 0 Å². The lowest BCUT2D eigenvalue weighted by atomic mass is 10.1. The largest absolute Gasteiger partial charge is 0.496 e. The molecule has 3 aromatic carbocycles. The molecule has 0 saturated heterocycles. The molecule has 4 rings (SSSR count). The number of benzene rings is 3. The average Bonchev–Trinajstić information content (AvgIpc) is 3.29. The summed E-state index contributed by atoms with van der Waals surface area (Å²) in [5.74, 6) is 2.67. The van der Waals surface area contributed by atoms with Crippen LogP contribution in [0.2, 0.25) is 5.02 Å². The molecule has 34 heavy (non-hydrogen) atoms. The maximum atomic E-state index is 15.4. The molecule has 0 bridgehead atoms. The quantitative estimate of drug-likeness (QED) is 0.444. The molecule has 1 aliphatic rings. The number of methoxy groups -OCH3 is 3. The van der Waals surface area contributed by atoms with Crippen molar-refractivity contribution in [1.29, 1.82) is 0 Å². The molecular formula is C26H28ClO6P. The highest BCUT2D eigenvalue weighted by Crippen LogP contribution is 2.53. The fourth-order valence-corrected chi connectivity index (χ4v) is 8.25. The van der Waals surface area contributed by atoms with Crippen LogP contribution < -0.4 is 39.6 Å². The van der Waals surface area contributed by atoms with Gasteiger partial charge < -0.3 is 28.2 Å². The number of ether oxygens (including phenoxy) is 5. The standard InChI is InChI=1S/C26H28ClO6P/c1-14-8-18(9-15(2)23(14)30-6)34(28,19-10-16(3)24(31-7)17(4)11-19)21-12-20(29-5)25-26(22(21)27)33-13-32-25/h8-12H,13H2,1-7H3. The van der Waals surface area contributed by atoms with Gasteiger partial charge in [0.2, 0.25) is 12.5 Å². The first-order valence-corrected chi connectivity index (χ1v) is 12.8. The van der Waals surface area contributed by atoms with Gasteiger partial charge in [0.15, 0.2) is 18.6 Å². The second-order valence-corrected chi connectivity index (χ2v) is 11.4. The van der Waals surface area contributed by atoms with Gasteiger partial charge in [0.05, 0.1) is 26.4 Å². The molecule has 8 heteroatoms. The van der Waals surface area contributed by atoms with Gasteiger partial charge in [0.25, 0.3) is 0 Å². The molecule has 1 aliphatic heterocycles. The lowest BCUT2D eigenvalue weighted by molar-refractivity contribution is 0.171. The number of hydrogen-bond donors (Lipinski definition) is 0. The fourth-order valence-electron chi connectivity index (χ4n) is 4.66. The lowest BCUT2D eigenvalue weighted by Gasteiger charge is -2.25. The van der Waals surface area contributed by atoms with Gasteiger partial charge in [-0.15, -0.1) is 0 Å². The Morgan fingerprint density at radius 2 is 1.18 bits per heavy atom. The lowest BCUT2D eigenvalue weighted by Crippen LogP contribution is -2.27. The summed E-state index contributed by atoms with van der Waals surface area (Å²) in [5, 5.41) is 1.93. The summed E-state index contributed by atoms with van der Waals surface area (Å²) < 4.78 is 43.3. The van der Waals surface area contributed by atoms with Crippen LogP contribution >= 0.6 is 18.7 Å². The van der Waals surface area contributed by atoms with E-state index in [4.69, 9.17) is 35.3 Å². The highest BCUT2D eigenvalue weighted by molar-refractivity contribution is 7.85. The van der Waals surface area contributed by atoms with Crippen LogP contribution in [0.3, 0.4) is 0 Å². The summed E-state index contributed by atoms with van der Waals surface area (Å²) in [5.41, 5.74) is 3.51. The van der Waals surface area contributed by atoms with Crippen LogP contribution in [0.25, 0.3) is 0 Å². The predicted octanol–water partition coefficient (Wildman–Crippen LogP) is 4.97. The normalized spacial score (nSPS) is 12.6. The molecule has 0 radical (unpaired) electrons. The van der Waals surface area contributed by atoms with Crippen molar-refractivity contribution in [2.24, 2.45) is 0 Å². The Morgan fingerprint density at radius 1 is 0.735 bits per heavy atom. The van der Waals surface area contributed by atoms with E-state index in [0.29, 0.717) is 33.2 Å². The Bertz CT molecular complexity index is 1220. The van der Waals surface area contributed by atoms with Crippen LogP contribution in [0.1, 0.15) is 22.3 Å². The summed E-state index contributed by atoms with van der Waals surface area (Å²) in [6.45, 7) is 7.76. The Hall–Kier alpha value is -2.82. The summed E-state index contributed by atoms with van der Waals surface area (Å²) in [6.07, 6.45) is 0. The van der Waals surface area contributed by atoms with Crippen molar-refractivity contribution in [2.45, 2.75) is 27.7 Å². The number of fused-ring (bicyclic) bond motifs is 1. The molecule has 0 N–H and O–H groups in total. The summed E-state index contributed by atoms with van der Waals surface area (Å²) in [6, 6.07) is 9.29. The maximum Gasteiger partial charge on any atom is 0.231 e. The van der Waals surface area contributed by atoms with Gasteiger partial charge in [-0.3, -0.25) is 0 Å². The van der Waals surface area contributed by atoms with E-state index in [2.05, 4.69) is 0 Å². The Labute approximate surface area is 205 Å². The van der Waals surface area contributed by atoms with E-state index >= 15 is 4.57 Å². The van der Waals surface area contributed by atoms with Gasteiger partial charge in [-0.2, -0.15) is 0 Å². The molecule has 0 amide bonds. The topological polar surface area (TPSA) is 63.2 Å². The molecule has 0 aromatic heterocycles. The Balaban J connectivity index is 2.11. The minimum Gasteiger partial charge on any atom is -0.496 e. The molecular weight excluding hydrogens is 475 g/mol. The van der Waals surface area contributed by atoms with Gasteiger partial charge >= 0.3 is 0 Å². The zero-order chi connectivity index (χ0) is 24.8. The van der Waals surface area contributed by atoms with Crippen molar-refractivity contribution >= 4 is 34.7 Å². The van der Waals surface area contributed by atoms with Gasteiger partial charge in [-0.05, 0) is 80.3 Å². The van der Waals surface area contributed by atoms with Crippen molar-refractivity contribution < 1.29 is 28.2 Å². The van der Waals surface area contributed by atoms with E-state index in [1.165, 1.54) is 7.11 Å². The second-order valence-electron chi connectivity index (χ2n) is 8.31. The van der Waals surface area contributed by atoms with Crippen LogP contribution in [0.15, 0.2) is 30.3 Å².